The molecule has 0 heterocycles. The molecule has 2 aromatic rings. The van der Waals surface area contributed by atoms with E-state index in [1.54, 1.807) is 30.3 Å². The highest BCUT2D eigenvalue weighted by Crippen LogP contribution is 2.34. The van der Waals surface area contributed by atoms with Gasteiger partial charge in [0.25, 0.3) is 0 Å². The van der Waals surface area contributed by atoms with Gasteiger partial charge in [0.2, 0.25) is 0 Å². The fraction of sp³-hybridized carbons (Fsp3) is 0.0625. The predicted molar refractivity (Wildman–Crippen MR) is 88.6 cm³/mol. The minimum atomic E-state index is -0.560. The monoisotopic (exact) mass is 356 g/mol. The van der Waals surface area contributed by atoms with Crippen molar-refractivity contribution in [3.8, 4) is 11.5 Å². The van der Waals surface area contributed by atoms with E-state index in [0.717, 1.165) is 0 Å². The first-order valence-electron chi connectivity index (χ1n) is 6.21. The molecule has 0 unspecified atom stereocenters. The van der Waals surface area contributed by atoms with Gasteiger partial charge in [-0.1, -0.05) is 47.5 Å². The van der Waals surface area contributed by atoms with Gasteiger partial charge in [-0.05, 0) is 30.3 Å². The topological polar surface area (TPSA) is 35.5 Å². The van der Waals surface area contributed by atoms with Gasteiger partial charge in [-0.15, -0.1) is 0 Å². The van der Waals surface area contributed by atoms with Crippen molar-refractivity contribution in [3.05, 3.63) is 69.7 Å². The van der Waals surface area contributed by atoms with Crippen LogP contribution in [0.1, 0.15) is 10.4 Å². The second-order valence-corrected chi connectivity index (χ2v) is 5.43. The van der Waals surface area contributed by atoms with Gasteiger partial charge < -0.3 is 9.47 Å². The first-order valence-corrected chi connectivity index (χ1v) is 7.35. The molecule has 0 bridgehead atoms. The summed E-state index contributed by atoms with van der Waals surface area (Å²) >= 11 is 17.7. The predicted octanol–water partition coefficient (Wildman–Crippen LogP) is 5.43. The van der Waals surface area contributed by atoms with Crippen molar-refractivity contribution in [2.75, 3.05) is 6.61 Å². The third-order valence-corrected chi connectivity index (χ3v) is 3.65. The number of carbonyl (C=O) groups is 1. The van der Waals surface area contributed by atoms with Crippen LogP contribution in [0.5, 0.6) is 11.5 Å². The van der Waals surface area contributed by atoms with E-state index < -0.39 is 5.97 Å². The number of carbonyl (C=O) groups excluding carboxylic acids is 1. The maximum Gasteiger partial charge on any atom is 0.343 e. The van der Waals surface area contributed by atoms with Gasteiger partial charge in [0.05, 0.1) is 20.6 Å². The van der Waals surface area contributed by atoms with Crippen LogP contribution < -0.4 is 9.47 Å². The first-order chi connectivity index (χ1) is 10.5. The lowest BCUT2D eigenvalue weighted by molar-refractivity contribution is 0.0735. The zero-order valence-electron chi connectivity index (χ0n) is 11.3. The number of hydrogen-bond donors (Lipinski definition) is 0. The third-order valence-electron chi connectivity index (χ3n) is 2.64. The fourth-order valence-corrected chi connectivity index (χ4v) is 2.16. The molecule has 0 atom stereocenters. The molecule has 0 aromatic heterocycles. The Hall–Kier alpha value is -1.68. The Labute approximate surface area is 143 Å². The van der Waals surface area contributed by atoms with Crippen LogP contribution in [0, 0.1) is 0 Å². The Bertz CT molecular complexity index is 697. The van der Waals surface area contributed by atoms with E-state index in [4.69, 9.17) is 44.3 Å². The number of halogens is 3. The van der Waals surface area contributed by atoms with E-state index in [0.29, 0.717) is 17.9 Å². The summed E-state index contributed by atoms with van der Waals surface area (Å²) in [5.74, 6) is 0.215. The highest BCUT2D eigenvalue weighted by molar-refractivity contribution is 6.43. The van der Waals surface area contributed by atoms with Crippen LogP contribution in [-0.2, 0) is 0 Å². The van der Waals surface area contributed by atoms with Crippen molar-refractivity contribution in [2.45, 2.75) is 0 Å². The van der Waals surface area contributed by atoms with Crippen LogP contribution >= 0.6 is 34.8 Å². The van der Waals surface area contributed by atoms with Crippen molar-refractivity contribution < 1.29 is 14.3 Å². The standard InChI is InChI=1S/C16H11Cl3O3/c1-2-7-21-11-5-3-10(4-6-11)16(20)22-15-9-13(18)12(17)8-14(15)19/h2-6,8-9H,1,7H2. The van der Waals surface area contributed by atoms with Gasteiger partial charge in [0.1, 0.15) is 12.4 Å². The van der Waals surface area contributed by atoms with Crippen LogP contribution in [-0.4, -0.2) is 12.6 Å². The van der Waals surface area contributed by atoms with Gasteiger partial charge in [0, 0.05) is 6.07 Å². The zero-order chi connectivity index (χ0) is 16.1. The Kier molecular flexibility index (Phi) is 5.72. The van der Waals surface area contributed by atoms with Crippen LogP contribution in [0.2, 0.25) is 15.1 Å². The Morgan fingerprint density at radius 1 is 1.05 bits per heavy atom. The molecule has 0 aliphatic heterocycles. The second-order valence-electron chi connectivity index (χ2n) is 4.21. The van der Waals surface area contributed by atoms with E-state index >= 15 is 0 Å². The summed E-state index contributed by atoms with van der Waals surface area (Å²) in [5.41, 5.74) is 0.355. The number of ether oxygens (including phenoxy) is 2. The normalized spacial score (nSPS) is 10.1. The van der Waals surface area contributed by atoms with E-state index in [2.05, 4.69) is 6.58 Å². The van der Waals surface area contributed by atoms with Gasteiger partial charge in [0.15, 0.2) is 5.75 Å². The molecule has 0 saturated carbocycles. The number of esters is 1. The lowest BCUT2D eigenvalue weighted by Gasteiger charge is -2.08. The van der Waals surface area contributed by atoms with Crippen molar-refractivity contribution in [1.29, 1.82) is 0 Å². The summed E-state index contributed by atoms with van der Waals surface area (Å²) in [6.45, 7) is 3.95. The van der Waals surface area contributed by atoms with Crippen molar-refractivity contribution >= 4 is 40.8 Å². The zero-order valence-corrected chi connectivity index (χ0v) is 13.6. The van der Waals surface area contributed by atoms with Crippen LogP contribution in [0.15, 0.2) is 49.1 Å². The number of rotatable bonds is 5. The van der Waals surface area contributed by atoms with Crippen LogP contribution in [0.3, 0.4) is 0 Å². The SMILES string of the molecule is C=CCOc1ccc(C(=O)Oc2cc(Cl)c(Cl)cc2Cl)cc1. The molecule has 3 nitrogen and oxygen atoms in total. The molecule has 0 amide bonds. The molecule has 114 valence electrons. The lowest BCUT2D eigenvalue weighted by Crippen LogP contribution is -2.08. The fourth-order valence-electron chi connectivity index (χ4n) is 1.58. The maximum absolute atomic E-state index is 12.1. The number of benzene rings is 2. The van der Waals surface area contributed by atoms with Crippen molar-refractivity contribution in [1.82, 2.24) is 0 Å². The minimum absolute atomic E-state index is 0.146. The molecule has 0 fully saturated rings. The quantitative estimate of drug-likeness (QED) is 0.310. The highest BCUT2D eigenvalue weighted by Gasteiger charge is 2.13. The van der Waals surface area contributed by atoms with E-state index in [9.17, 15) is 4.79 Å². The van der Waals surface area contributed by atoms with Gasteiger partial charge >= 0.3 is 5.97 Å². The molecule has 0 aliphatic carbocycles. The molecular formula is C16H11Cl3O3. The molecule has 6 heteroatoms. The van der Waals surface area contributed by atoms with Crippen molar-refractivity contribution in [3.63, 3.8) is 0 Å². The molecule has 0 spiro atoms. The summed E-state index contributed by atoms with van der Waals surface area (Å²) in [6.07, 6.45) is 1.63. The molecule has 2 aromatic carbocycles. The summed E-state index contributed by atoms with van der Waals surface area (Å²) in [4.78, 5) is 12.1. The molecule has 0 aliphatic rings. The van der Waals surface area contributed by atoms with Gasteiger partial charge in [-0.3, -0.25) is 0 Å². The molecule has 0 N–H and O–H groups in total. The first kappa shape index (κ1) is 16.7. The van der Waals surface area contributed by atoms with Gasteiger partial charge in [-0.2, -0.15) is 0 Å². The summed E-state index contributed by atoms with van der Waals surface area (Å²) in [6, 6.07) is 9.32. The van der Waals surface area contributed by atoms with Gasteiger partial charge in [-0.25, -0.2) is 4.79 Å². The largest absolute Gasteiger partial charge is 0.490 e. The Balaban J connectivity index is 2.12. The average Bonchev–Trinajstić information content (AvgIpc) is 2.51. The average molecular weight is 358 g/mol. The Morgan fingerprint density at radius 3 is 2.32 bits per heavy atom. The Morgan fingerprint density at radius 2 is 1.68 bits per heavy atom. The summed E-state index contributed by atoms with van der Waals surface area (Å²) in [5, 5.41) is 0.742. The van der Waals surface area contributed by atoms with Crippen LogP contribution in [0.4, 0.5) is 0 Å². The summed E-state index contributed by atoms with van der Waals surface area (Å²) in [7, 11) is 0. The molecular weight excluding hydrogens is 347 g/mol. The molecule has 0 radical (unpaired) electrons. The third kappa shape index (κ3) is 4.17. The minimum Gasteiger partial charge on any atom is -0.490 e. The number of hydrogen-bond acceptors (Lipinski definition) is 3. The van der Waals surface area contributed by atoms with E-state index in [-0.39, 0.29) is 20.8 Å². The summed E-state index contributed by atoms with van der Waals surface area (Å²) < 4.78 is 10.5. The molecule has 2 rings (SSSR count). The van der Waals surface area contributed by atoms with E-state index in [1.807, 2.05) is 0 Å². The lowest BCUT2D eigenvalue weighted by atomic mass is 10.2. The highest BCUT2D eigenvalue weighted by atomic mass is 35.5. The molecule has 0 saturated heterocycles. The van der Waals surface area contributed by atoms with Crippen molar-refractivity contribution in [2.24, 2.45) is 0 Å². The maximum atomic E-state index is 12.1. The van der Waals surface area contributed by atoms with Crippen LogP contribution in [0.25, 0.3) is 0 Å². The van der Waals surface area contributed by atoms with E-state index in [1.165, 1.54) is 12.1 Å². The molecule has 22 heavy (non-hydrogen) atoms. The second kappa shape index (κ2) is 7.54. The smallest absolute Gasteiger partial charge is 0.343 e.